The average molecular weight is 240 g/mol. The molecule has 0 atom stereocenters. The van der Waals surface area contributed by atoms with E-state index in [1.807, 2.05) is 12.3 Å². The number of nitrogens with one attached hydrogen (secondary N) is 1. The summed E-state index contributed by atoms with van der Waals surface area (Å²) >= 11 is 0. The zero-order valence-corrected chi connectivity index (χ0v) is 12.6. The van der Waals surface area contributed by atoms with Gasteiger partial charge in [-0.05, 0) is 6.42 Å². The van der Waals surface area contributed by atoms with E-state index in [1.54, 1.807) is 0 Å². The van der Waals surface area contributed by atoms with E-state index in [1.165, 1.54) is 5.57 Å². The SMILES string of the molecule is [C-]1=C2CCN=C2NC=C1.[CH2-]C(C)C.[CH2-]C(C)C.[Li+]. The Kier molecular flexibility index (Phi) is 12.8. The third kappa shape index (κ3) is 12.0. The Morgan fingerprint density at radius 3 is 2.17 bits per heavy atom. The van der Waals surface area contributed by atoms with Gasteiger partial charge in [-0.3, -0.25) is 0 Å². The van der Waals surface area contributed by atoms with Crippen LogP contribution in [0.15, 0.2) is 22.8 Å². The van der Waals surface area contributed by atoms with Crippen LogP contribution in [0, 0.1) is 31.8 Å². The fourth-order valence-electron chi connectivity index (χ4n) is 1.03. The Hall–Kier alpha value is -0.453. The van der Waals surface area contributed by atoms with Gasteiger partial charge in [-0.1, -0.05) is 27.7 Å². The molecule has 0 fully saturated rings. The molecule has 2 rings (SSSR count). The Labute approximate surface area is 125 Å². The second kappa shape index (κ2) is 11.6. The van der Waals surface area contributed by atoms with E-state index in [2.05, 4.69) is 57.9 Å². The molecule has 18 heavy (non-hydrogen) atoms. The first kappa shape index (κ1) is 19.9. The van der Waals surface area contributed by atoms with Crippen molar-refractivity contribution in [3.63, 3.8) is 0 Å². The summed E-state index contributed by atoms with van der Waals surface area (Å²) in [4.78, 5) is 4.21. The van der Waals surface area contributed by atoms with Gasteiger partial charge in [0.2, 0.25) is 0 Å². The van der Waals surface area contributed by atoms with Crippen LogP contribution in [-0.2, 0) is 0 Å². The maximum absolute atomic E-state index is 4.21. The zero-order chi connectivity index (χ0) is 13.3. The van der Waals surface area contributed by atoms with Crippen LogP contribution < -0.4 is 24.2 Å². The van der Waals surface area contributed by atoms with Crippen molar-refractivity contribution < 1.29 is 18.9 Å². The molecular weight excluding hydrogens is 215 g/mol. The summed E-state index contributed by atoms with van der Waals surface area (Å²) in [6.45, 7) is 16.4. The van der Waals surface area contributed by atoms with E-state index < -0.39 is 0 Å². The van der Waals surface area contributed by atoms with Gasteiger partial charge in [0, 0.05) is 12.4 Å². The summed E-state index contributed by atoms with van der Waals surface area (Å²) in [5.41, 5.74) is 1.22. The molecule has 0 aromatic heterocycles. The van der Waals surface area contributed by atoms with Crippen LogP contribution in [0.4, 0.5) is 0 Å². The van der Waals surface area contributed by atoms with Crippen molar-refractivity contribution in [2.75, 3.05) is 6.54 Å². The molecule has 98 valence electrons. The van der Waals surface area contributed by atoms with Crippen molar-refractivity contribution in [3.05, 3.63) is 37.8 Å². The first-order chi connectivity index (χ1) is 7.93. The second-order valence-corrected chi connectivity index (χ2v) is 4.87. The van der Waals surface area contributed by atoms with Crippen molar-refractivity contribution in [2.45, 2.75) is 34.1 Å². The van der Waals surface area contributed by atoms with Crippen LogP contribution in [-0.4, -0.2) is 12.4 Å². The predicted octanol–water partition coefficient (Wildman–Crippen LogP) is 0.592. The molecule has 0 aromatic rings. The summed E-state index contributed by atoms with van der Waals surface area (Å²) < 4.78 is 0. The minimum absolute atomic E-state index is 0. The molecule has 2 nitrogen and oxygen atoms in total. The summed E-state index contributed by atoms with van der Waals surface area (Å²) in [5, 5.41) is 3.05. The van der Waals surface area contributed by atoms with Crippen LogP contribution in [0.3, 0.4) is 0 Å². The first-order valence-electron chi connectivity index (χ1n) is 6.18. The number of fused-ring (bicyclic) bond motifs is 1. The van der Waals surface area contributed by atoms with Crippen molar-refractivity contribution in [3.8, 4) is 0 Å². The molecule has 2 aliphatic rings. The van der Waals surface area contributed by atoms with Gasteiger partial charge in [-0.25, -0.2) is 0 Å². The number of allylic oxidation sites excluding steroid dienone is 2. The van der Waals surface area contributed by atoms with Crippen molar-refractivity contribution in [1.82, 2.24) is 5.32 Å². The van der Waals surface area contributed by atoms with Crippen molar-refractivity contribution in [2.24, 2.45) is 16.8 Å². The van der Waals surface area contributed by atoms with E-state index in [4.69, 9.17) is 0 Å². The number of hydrogen-bond donors (Lipinski definition) is 1. The molecule has 0 unspecified atom stereocenters. The second-order valence-electron chi connectivity index (χ2n) is 4.87. The molecular formula is C15H25LiN2-2. The topological polar surface area (TPSA) is 24.4 Å². The minimum Gasteiger partial charge on any atom is -0.451 e. The van der Waals surface area contributed by atoms with Crippen LogP contribution >= 0.6 is 0 Å². The quantitative estimate of drug-likeness (QED) is 0.486. The van der Waals surface area contributed by atoms with Gasteiger partial charge in [-0.2, -0.15) is 24.0 Å². The summed E-state index contributed by atoms with van der Waals surface area (Å²) in [6.07, 6.45) is 7.92. The molecule has 2 heterocycles. The smallest absolute Gasteiger partial charge is 0.451 e. The predicted molar refractivity (Wildman–Crippen MR) is 76.3 cm³/mol. The summed E-state index contributed by atoms with van der Waals surface area (Å²) in [5.74, 6) is 2.18. The summed E-state index contributed by atoms with van der Waals surface area (Å²) in [6, 6.07) is 0. The molecule has 0 aliphatic carbocycles. The average Bonchev–Trinajstić information content (AvgIpc) is 2.62. The number of aliphatic imine (C=N–C) groups is 1. The van der Waals surface area contributed by atoms with Gasteiger partial charge in [0.25, 0.3) is 0 Å². The Balaban J connectivity index is 0. The Morgan fingerprint density at radius 1 is 1.22 bits per heavy atom. The maximum Gasteiger partial charge on any atom is 1.00 e. The van der Waals surface area contributed by atoms with Crippen LogP contribution in [0.2, 0.25) is 0 Å². The number of amidine groups is 1. The van der Waals surface area contributed by atoms with Crippen molar-refractivity contribution in [1.29, 1.82) is 0 Å². The monoisotopic (exact) mass is 240 g/mol. The van der Waals surface area contributed by atoms with Crippen LogP contribution in [0.1, 0.15) is 34.1 Å². The fourth-order valence-corrected chi connectivity index (χ4v) is 1.03. The minimum atomic E-state index is 0. The van der Waals surface area contributed by atoms with Gasteiger partial charge >= 0.3 is 18.9 Å². The van der Waals surface area contributed by atoms with Gasteiger partial charge in [0.1, 0.15) is 0 Å². The number of nitrogens with zero attached hydrogens (tertiary/aromatic N) is 1. The summed E-state index contributed by atoms with van der Waals surface area (Å²) in [7, 11) is 0. The van der Waals surface area contributed by atoms with E-state index in [0.717, 1.165) is 18.8 Å². The molecule has 3 heteroatoms. The molecule has 0 saturated carbocycles. The van der Waals surface area contributed by atoms with Gasteiger partial charge in [0.15, 0.2) is 0 Å². The third-order valence-corrected chi connectivity index (χ3v) is 1.48. The number of rotatable bonds is 0. The van der Waals surface area contributed by atoms with Gasteiger partial charge < -0.3 is 24.2 Å². The molecule has 0 aromatic carbocycles. The molecule has 0 spiro atoms. The largest absolute Gasteiger partial charge is 1.00 e. The zero-order valence-electron chi connectivity index (χ0n) is 12.6. The van der Waals surface area contributed by atoms with E-state index in [9.17, 15) is 0 Å². The molecule has 0 saturated heterocycles. The molecule has 0 bridgehead atoms. The van der Waals surface area contributed by atoms with Crippen LogP contribution in [0.25, 0.3) is 0 Å². The number of hydrogen-bond acceptors (Lipinski definition) is 2. The first-order valence-corrected chi connectivity index (χ1v) is 6.18. The maximum atomic E-state index is 4.21. The normalized spacial score (nSPS) is 15.1. The van der Waals surface area contributed by atoms with E-state index in [-0.39, 0.29) is 18.9 Å². The Morgan fingerprint density at radius 2 is 1.72 bits per heavy atom. The molecule has 0 amide bonds. The fraction of sp³-hybridized carbons (Fsp3) is 0.533. The van der Waals surface area contributed by atoms with Gasteiger partial charge in [0.05, 0.1) is 0 Å². The third-order valence-electron chi connectivity index (χ3n) is 1.48. The van der Waals surface area contributed by atoms with E-state index in [0.29, 0.717) is 11.8 Å². The van der Waals surface area contributed by atoms with E-state index >= 15 is 0 Å². The molecule has 1 N–H and O–H groups in total. The molecule has 0 radical (unpaired) electrons. The number of dihydropyridines is 1. The standard InChI is InChI=1S/C7H7N2.2C4H9.Li/c1-2-6-3-5-9-7(6)8-4-1;2*1-4(2)3;/h1,4H,3,5H2,(H,8,9);2*4H,1H2,2-3H3;/q3*-1;+1. The van der Waals surface area contributed by atoms with Crippen LogP contribution in [0.5, 0.6) is 0 Å². The van der Waals surface area contributed by atoms with Crippen molar-refractivity contribution >= 4 is 5.84 Å². The molecule has 2 aliphatic heterocycles. The Bertz CT molecular complexity index is 277. The van der Waals surface area contributed by atoms with Gasteiger partial charge in [-0.15, -0.1) is 11.8 Å².